The van der Waals surface area contributed by atoms with Crippen LogP contribution in [0.25, 0.3) is 22.3 Å². The number of nitrogens with zero attached hydrogens (tertiary/aromatic N) is 6. The molecule has 0 aliphatic heterocycles. The minimum absolute atomic E-state index is 0.239. The van der Waals surface area contributed by atoms with E-state index in [-0.39, 0.29) is 54.6 Å². The Hall–Kier alpha value is -6.77. The molecule has 276 valence electrons. The number of methoxy groups -OCH3 is 1. The standard InChI is InChI=1S/C23H20F2N4O2.C16H14FN3O3/c1-15(17-6-10-19(25)11-7-17)27-21(30)14-31-23-28-20-3-2-12-26-22(20)29(23)13-16-4-8-18(24)9-5-16;1-22-14(21)10-23-16-19-13-3-2-8-18-15(13)20(16)9-11-4-6-12(17)7-5-11/h2-12,15H,13-14H2,1H3,(H,27,30);2-8H,9-10H2,1H3/t15-;/m0./s1. The Morgan fingerprint density at radius 2 is 1.11 bits per heavy atom. The summed E-state index contributed by atoms with van der Waals surface area (Å²) in [6.45, 7) is 2.06. The van der Waals surface area contributed by atoms with E-state index in [4.69, 9.17) is 9.47 Å². The van der Waals surface area contributed by atoms with Crippen LogP contribution in [0.4, 0.5) is 13.2 Å². The van der Waals surface area contributed by atoms with Gasteiger partial charge in [-0.1, -0.05) is 36.4 Å². The van der Waals surface area contributed by atoms with Crippen LogP contribution in [0, 0.1) is 17.5 Å². The largest absolute Gasteiger partial charge is 0.466 e. The second-order valence-electron chi connectivity index (χ2n) is 11.9. The molecule has 1 amide bonds. The highest BCUT2D eigenvalue weighted by Crippen LogP contribution is 2.23. The van der Waals surface area contributed by atoms with Crippen molar-refractivity contribution in [2.45, 2.75) is 26.1 Å². The molecule has 0 aliphatic carbocycles. The lowest BCUT2D eigenvalue weighted by atomic mass is 10.1. The number of nitrogens with one attached hydrogen (secondary N) is 1. The summed E-state index contributed by atoms with van der Waals surface area (Å²) >= 11 is 0. The van der Waals surface area contributed by atoms with Crippen LogP contribution in [-0.4, -0.2) is 61.3 Å². The average molecular weight is 738 g/mol. The van der Waals surface area contributed by atoms with Crippen LogP contribution < -0.4 is 14.8 Å². The maximum atomic E-state index is 13.2. The molecule has 54 heavy (non-hydrogen) atoms. The SMILES string of the molecule is COC(=O)COc1nc2cccnc2n1Cc1ccc(F)cc1.C[C@H](NC(=O)COc1nc2cccnc2n1Cc1ccc(F)cc1)c1ccc(F)cc1. The number of imidazole rings is 2. The van der Waals surface area contributed by atoms with E-state index in [1.807, 2.05) is 0 Å². The summed E-state index contributed by atoms with van der Waals surface area (Å²) in [5.74, 6) is -1.80. The van der Waals surface area contributed by atoms with Gasteiger partial charge in [0.05, 0.1) is 26.2 Å². The molecule has 0 fully saturated rings. The Bertz CT molecular complexity index is 2350. The van der Waals surface area contributed by atoms with E-state index in [0.717, 1.165) is 16.7 Å². The van der Waals surface area contributed by atoms with Crippen molar-refractivity contribution in [2.75, 3.05) is 20.3 Å². The number of pyridine rings is 2. The fourth-order valence-electron chi connectivity index (χ4n) is 5.36. The molecule has 12 nitrogen and oxygen atoms in total. The molecule has 4 aromatic heterocycles. The van der Waals surface area contributed by atoms with E-state index in [1.54, 1.807) is 89.1 Å². The second kappa shape index (κ2) is 17.2. The number of rotatable bonds is 12. The van der Waals surface area contributed by atoms with Crippen molar-refractivity contribution in [2.24, 2.45) is 0 Å². The van der Waals surface area contributed by atoms with Crippen molar-refractivity contribution in [3.05, 3.63) is 144 Å². The number of halogens is 3. The molecule has 0 saturated heterocycles. The van der Waals surface area contributed by atoms with E-state index in [1.165, 1.54) is 43.5 Å². The lowest BCUT2D eigenvalue weighted by molar-refractivity contribution is -0.143. The quantitative estimate of drug-likeness (QED) is 0.146. The summed E-state index contributed by atoms with van der Waals surface area (Å²) in [7, 11) is 1.29. The number of amides is 1. The Morgan fingerprint density at radius 3 is 1.57 bits per heavy atom. The third kappa shape index (κ3) is 9.36. The number of carbonyl (C=O) groups excluding carboxylic acids is 2. The summed E-state index contributed by atoms with van der Waals surface area (Å²) in [6, 6.07) is 25.5. The highest BCUT2D eigenvalue weighted by Gasteiger charge is 2.17. The van der Waals surface area contributed by atoms with Crippen LogP contribution in [0.2, 0.25) is 0 Å². The molecule has 15 heteroatoms. The van der Waals surface area contributed by atoms with Crippen molar-refractivity contribution in [1.29, 1.82) is 0 Å². The van der Waals surface area contributed by atoms with Crippen molar-refractivity contribution in [3.8, 4) is 12.0 Å². The summed E-state index contributed by atoms with van der Waals surface area (Å²) in [5.41, 5.74) is 4.97. The smallest absolute Gasteiger partial charge is 0.344 e. The van der Waals surface area contributed by atoms with Crippen LogP contribution in [-0.2, 0) is 27.4 Å². The fourth-order valence-corrected chi connectivity index (χ4v) is 5.36. The van der Waals surface area contributed by atoms with Gasteiger partial charge in [0.25, 0.3) is 17.9 Å². The molecule has 4 heterocycles. The predicted octanol–water partition coefficient (Wildman–Crippen LogP) is 6.18. The number of ether oxygens (including phenoxy) is 3. The molecule has 0 saturated carbocycles. The van der Waals surface area contributed by atoms with Gasteiger partial charge in [-0.2, -0.15) is 9.97 Å². The van der Waals surface area contributed by atoms with Gasteiger partial charge in [0.2, 0.25) is 0 Å². The van der Waals surface area contributed by atoms with Gasteiger partial charge in [-0.25, -0.2) is 27.9 Å². The molecule has 0 radical (unpaired) electrons. The van der Waals surface area contributed by atoms with E-state index in [9.17, 15) is 22.8 Å². The van der Waals surface area contributed by atoms with Crippen LogP contribution >= 0.6 is 0 Å². The number of esters is 1. The molecule has 0 bridgehead atoms. The Balaban J connectivity index is 0.000000193. The van der Waals surface area contributed by atoms with Crippen LogP contribution in [0.15, 0.2) is 109 Å². The summed E-state index contributed by atoms with van der Waals surface area (Å²) < 4.78 is 58.5. The minimum Gasteiger partial charge on any atom is -0.466 e. The van der Waals surface area contributed by atoms with Gasteiger partial charge in [-0.3, -0.25) is 13.9 Å². The minimum atomic E-state index is -0.502. The lowest BCUT2D eigenvalue weighted by Crippen LogP contribution is -2.31. The molecule has 7 aromatic rings. The molecule has 7 rings (SSSR count). The monoisotopic (exact) mass is 737 g/mol. The Morgan fingerprint density at radius 1 is 0.667 bits per heavy atom. The molecule has 1 N–H and O–H groups in total. The highest BCUT2D eigenvalue weighted by atomic mass is 19.1. The van der Waals surface area contributed by atoms with Gasteiger partial charge < -0.3 is 19.5 Å². The van der Waals surface area contributed by atoms with Crippen LogP contribution in [0.1, 0.15) is 29.7 Å². The summed E-state index contributed by atoms with van der Waals surface area (Å²) in [4.78, 5) is 41.1. The molecule has 0 unspecified atom stereocenters. The first-order valence-corrected chi connectivity index (χ1v) is 16.7. The maximum absolute atomic E-state index is 13.2. The fraction of sp³-hybridized carbons (Fsp3) is 0.179. The molecular weight excluding hydrogens is 703 g/mol. The number of hydrogen-bond donors (Lipinski definition) is 1. The highest BCUT2D eigenvalue weighted by molar-refractivity contribution is 5.78. The average Bonchev–Trinajstić information content (AvgIpc) is 3.72. The Labute approximate surface area is 307 Å². The molecular formula is C39H34F3N7O5. The number of aromatic nitrogens is 6. The number of hydrogen-bond acceptors (Lipinski definition) is 9. The molecule has 1 atom stereocenters. The van der Waals surface area contributed by atoms with Crippen molar-refractivity contribution in [1.82, 2.24) is 34.4 Å². The third-order valence-electron chi connectivity index (χ3n) is 8.07. The van der Waals surface area contributed by atoms with Crippen molar-refractivity contribution in [3.63, 3.8) is 0 Å². The van der Waals surface area contributed by atoms with Crippen molar-refractivity contribution < 1.29 is 37.0 Å². The van der Waals surface area contributed by atoms with Crippen molar-refractivity contribution >= 4 is 34.2 Å². The maximum Gasteiger partial charge on any atom is 0.344 e. The van der Waals surface area contributed by atoms with Crippen LogP contribution in [0.5, 0.6) is 12.0 Å². The van der Waals surface area contributed by atoms with Gasteiger partial charge in [0.1, 0.15) is 28.5 Å². The lowest BCUT2D eigenvalue weighted by Gasteiger charge is -2.15. The van der Waals surface area contributed by atoms with Gasteiger partial charge in [0.15, 0.2) is 24.5 Å². The van der Waals surface area contributed by atoms with E-state index in [2.05, 4.69) is 30.0 Å². The van der Waals surface area contributed by atoms with Crippen LogP contribution in [0.3, 0.4) is 0 Å². The zero-order valence-electron chi connectivity index (χ0n) is 29.2. The summed E-state index contributed by atoms with van der Waals surface area (Å²) in [6.07, 6.45) is 3.29. The van der Waals surface area contributed by atoms with Gasteiger partial charge >= 0.3 is 5.97 Å². The topological polar surface area (TPSA) is 135 Å². The number of fused-ring (bicyclic) bond motifs is 2. The molecule has 0 aliphatic rings. The molecule has 3 aromatic carbocycles. The first kappa shape index (κ1) is 37.0. The predicted molar refractivity (Wildman–Crippen MR) is 192 cm³/mol. The first-order valence-electron chi connectivity index (χ1n) is 16.7. The normalized spacial score (nSPS) is 11.4. The van der Waals surface area contributed by atoms with Gasteiger partial charge in [0, 0.05) is 12.4 Å². The first-order chi connectivity index (χ1) is 26.2. The second-order valence-corrected chi connectivity index (χ2v) is 11.9. The molecule has 0 spiro atoms. The summed E-state index contributed by atoms with van der Waals surface area (Å²) in [5, 5.41) is 2.81. The van der Waals surface area contributed by atoms with Gasteiger partial charge in [-0.05, 0) is 84.3 Å². The van der Waals surface area contributed by atoms with E-state index >= 15 is 0 Å². The third-order valence-corrected chi connectivity index (χ3v) is 8.07. The van der Waals surface area contributed by atoms with Gasteiger partial charge in [-0.15, -0.1) is 0 Å². The Kier molecular flexibility index (Phi) is 11.8. The number of benzene rings is 3. The zero-order chi connectivity index (χ0) is 38.0. The van der Waals surface area contributed by atoms with E-state index in [0.29, 0.717) is 35.4 Å². The number of carbonyl (C=O) groups is 2. The van der Waals surface area contributed by atoms with E-state index < -0.39 is 5.97 Å². The zero-order valence-corrected chi connectivity index (χ0v) is 29.2.